The van der Waals surface area contributed by atoms with Gasteiger partial charge in [-0.25, -0.2) is 0 Å². The van der Waals surface area contributed by atoms with Crippen LogP contribution in [0.4, 0.5) is 0 Å². The lowest BCUT2D eigenvalue weighted by atomic mass is 10.0. The van der Waals surface area contributed by atoms with E-state index in [-0.39, 0.29) is 0 Å². The zero-order valence-corrected chi connectivity index (χ0v) is 12.6. The van der Waals surface area contributed by atoms with Gasteiger partial charge in [0.15, 0.2) is 0 Å². The van der Waals surface area contributed by atoms with Crippen LogP contribution in [-0.4, -0.2) is 24.7 Å². The van der Waals surface area contributed by atoms with Crippen LogP contribution in [0.1, 0.15) is 25.5 Å². The molecule has 112 valence electrons. The van der Waals surface area contributed by atoms with Crippen LogP contribution in [0.5, 0.6) is 5.75 Å². The van der Waals surface area contributed by atoms with Crippen LogP contribution in [0.25, 0.3) is 10.8 Å². The second-order valence-corrected chi connectivity index (χ2v) is 5.55. The lowest BCUT2D eigenvalue weighted by Gasteiger charge is -2.17. The molecule has 0 aromatic heterocycles. The molecule has 0 radical (unpaired) electrons. The molecule has 2 aromatic carbocycles. The highest BCUT2D eigenvalue weighted by molar-refractivity contribution is 5.86. The summed E-state index contributed by atoms with van der Waals surface area (Å²) < 4.78 is 5.20. The number of carboxylic acids is 1. The molecule has 2 rings (SSSR count). The van der Waals surface area contributed by atoms with Crippen molar-refractivity contribution in [3.05, 3.63) is 42.0 Å². The van der Waals surface area contributed by atoms with Crippen molar-refractivity contribution >= 4 is 16.7 Å². The lowest BCUT2D eigenvalue weighted by Crippen LogP contribution is -2.31. The normalized spacial score (nSPS) is 12.6. The Morgan fingerprint density at radius 3 is 2.48 bits per heavy atom. The standard InChI is InChI=1S/C17H21NO3/c1-11(2)10-18-16(17(19)20)14-5-4-13-9-15(21-3)7-6-12(13)8-14/h4-9,11,16,18H,10H2,1-3H3,(H,19,20). The topological polar surface area (TPSA) is 58.6 Å². The van der Waals surface area contributed by atoms with Crippen molar-refractivity contribution in [3.8, 4) is 5.75 Å². The van der Waals surface area contributed by atoms with Crippen LogP contribution in [-0.2, 0) is 4.79 Å². The first kappa shape index (κ1) is 15.3. The smallest absolute Gasteiger partial charge is 0.325 e. The third-order valence-electron chi connectivity index (χ3n) is 3.38. The molecule has 0 bridgehead atoms. The Balaban J connectivity index is 2.32. The first-order valence-corrected chi connectivity index (χ1v) is 7.05. The predicted octanol–water partition coefficient (Wildman–Crippen LogP) is 3.22. The summed E-state index contributed by atoms with van der Waals surface area (Å²) in [6.07, 6.45) is 0. The molecule has 0 amide bonds. The van der Waals surface area contributed by atoms with E-state index in [1.165, 1.54) is 0 Å². The molecule has 4 nitrogen and oxygen atoms in total. The minimum Gasteiger partial charge on any atom is -0.497 e. The highest BCUT2D eigenvalue weighted by Gasteiger charge is 2.19. The van der Waals surface area contributed by atoms with Crippen LogP contribution in [0.15, 0.2) is 36.4 Å². The Kier molecular flexibility index (Phi) is 4.81. The van der Waals surface area contributed by atoms with Gasteiger partial charge in [-0.2, -0.15) is 0 Å². The summed E-state index contributed by atoms with van der Waals surface area (Å²) in [5.41, 5.74) is 0.765. The monoisotopic (exact) mass is 287 g/mol. The first-order valence-electron chi connectivity index (χ1n) is 7.05. The number of nitrogens with one attached hydrogen (secondary N) is 1. The molecule has 2 N–H and O–H groups in total. The predicted molar refractivity (Wildman–Crippen MR) is 83.7 cm³/mol. The molecule has 0 fully saturated rings. The number of benzene rings is 2. The number of methoxy groups -OCH3 is 1. The Hall–Kier alpha value is -2.07. The molecule has 0 saturated carbocycles. The van der Waals surface area contributed by atoms with Crippen LogP contribution >= 0.6 is 0 Å². The second kappa shape index (κ2) is 6.59. The van der Waals surface area contributed by atoms with E-state index in [9.17, 15) is 9.90 Å². The van der Waals surface area contributed by atoms with Gasteiger partial charge in [0.25, 0.3) is 0 Å². The Labute approximate surface area is 124 Å². The molecular formula is C17H21NO3. The minimum absolute atomic E-state index is 0.400. The number of hydrogen-bond donors (Lipinski definition) is 2. The molecule has 1 atom stereocenters. The summed E-state index contributed by atoms with van der Waals surface area (Å²) in [4.78, 5) is 11.5. The van der Waals surface area contributed by atoms with Crippen molar-refractivity contribution < 1.29 is 14.6 Å². The van der Waals surface area contributed by atoms with E-state index in [2.05, 4.69) is 19.2 Å². The summed E-state index contributed by atoms with van der Waals surface area (Å²) in [5, 5.41) is 14.5. The van der Waals surface area contributed by atoms with Gasteiger partial charge in [0.1, 0.15) is 11.8 Å². The molecule has 0 aliphatic carbocycles. The molecule has 0 heterocycles. The Morgan fingerprint density at radius 2 is 1.86 bits per heavy atom. The number of hydrogen-bond acceptors (Lipinski definition) is 3. The van der Waals surface area contributed by atoms with Gasteiger partial charge in [-0.3, -0.25) is 4.79 Å². The molecular weight excluding hydrogens is 266 g/mol. The zero-order valence-electron chi connectivity index (χ0n) is 12.6. The fraction of sp³-hybridized carbons (Fsp3) is 0.353. The molecule has 2 aromatic rings. The maximum absolute atomic E-state index is 11.5. The van der Waals surface area contributed by atoms with Gasteiger partial charge < -0.3 is 15.2 Å². The van der Waals surface area contributed by atoms with E-state index in [0.29, 0.717) is 12.5 Å². The summed E-state index contributed by atoms with van der Waals surface area (Å²) in [5.74, 6) is 0.336. The molecule has 21 heavy (non-hydrogen) atoms. The fourth-order valence-electron chi connectivity index (χ4n) is 2.25. The van der Waals surface area contributed by atoms with Crippen molar-refractivity contribution in [2.75, 3.05) is 13.7 Å². The number of ether oxygens (including phenoxy) is 1. The second-order valence-electron chi connectivity index (χ2n) is 5.55. The first-order chi connectivity index (χ1) is 10.0. The number of carbonyl (C=O) groups is 1. The lowest BCUT2D eigenvalue weighted by molar-refractivity contribution is -0.139. The fourth-order valence-corrected chi connectivity index (χ4v) is 2.25. The van der Waals surface area contributed by atoms with Crippen molar-refractivity contribution in [1.29, 1.82) is 0 Å². The van der Waals surface area contributed by atoms with Crippen LogP contribution in [0, 0.1) is 5.92 Å². The van der Waals surface area contributed by atoms with E-state index < -0.39 is 12.0 Å². The van der Waals surface area contributed by atoms with Gasteiger partial charge >= 0.3 is 5.97 Å². The summed E-state index contributed by atoms with van der Waals surface area (Å²) in [6, 6.07) is 10.8. The van der Waals surface area contributed by atoms with Crippen molar-refractivity contribution in [3.63, 3.8) is 0 Å². The Morgan fingerprint density at radius 1 is 1.19 bits per heavy atom. The highest BCUT2D eigenvalue weighted by atomic mass is 16.5. The van der Waals surface area contributed by atoms with Gasteiger partial charge in [0.2, 0.25) is 0 Å². The number of aliphatic carboxylic acids is 1. The number of fused-ring (bicyclic) bond motifs is 1. The maximum atomic E-state index is 11.5. The average Bonchev–Trinajstić information content (AvgIpc) is 2.46. The summed E-state index contributed by atoms with van der Waals surface area (Å²) >= 11 is 0. The van der Waals surface area contributed by atoms with Crippen LogP contribution < -0.4 is 10.1 Å². The van der Waals surface area contributed by atoms with Gasteiger partial charge in [-0.15, -0.1) is 0 Å². The quantitative estimate of drug-likeness (QED) is 0.856. The average molecular weight is 287 g/mol. The van der Waals surface area contributed by atoms with Gasteiger partial charge in [0.05, 0.1) is 7.11 Å². The van der Waals surface area contributed by atoms with Crippen LogP contribution in [0.3, 0.4) is 0 Å². The largest absolute Gasteiger partial charge is 0.497 e. The molecule has 0 aliphatic rings. The molecule has 1 unspecified atom stereocenters. The molecule has 0 aliphatic heterocycles. The van der Waals surface area contributed by atoms with Crippen molar-refractivity contribution in [2.45, 2.75) is 19.9 Å². The number of carboxylic acid groups (broad SMARTS) is 1. The third-order valence-corrected chi connectivity index (χ3v) is 3.38. The van der Waals surface area contributed by atoms with E-state index in [1.54, 1.807) is 7.11 Å². The van der Waals surface area contributed by atoms with Crippen molar-refractivity contribution in [1.82, 2.24) is 5.32 Å². The SMILES string of the molecule is COc1ccc2cc(C(NCC(C)C)C(=O)O)ccc2c1. The van der Waals surface area contributed by atoms with Gasteiger partial charge in [0, 0.05) is 0 Å². The van der Waals surface area contributed by atoms with Gasteiger partial charge in [-0.05, 0) is 47.0 Å². The Bertz CT molecular complexity index is 637. The van der Waals surface area contributed by atoms with E-state index >= 15 is 0 Å². The maximum Gasteiger partial charge on any atom is 0.325 e. The van der Waals surface area contributed by atoms with Gasteiger partial charge in [-0.1, -0.05) is 32.0 Å². The highest BCUT2D eigenvalue weighted by Crippen LogP contribution is 2.24. The molecule has 0 spiro atoms. The summed E-state index contributed by atoms with van der Waals surface area (Å²) in [7, 11) is 1.63. The van der Waals surface area contributed by atoms with E-state index in [4.69, 9.17) is 4.74 Å². The molecule has 0 saturated heterocycles. The third kappa shape index (κ3) is 3.73. The minimum atomic E-state index is -0.858. The van der Waals surface area contributed by atoms with E-state index in [0.717, 1.165) is 22.1 Å². The van der Waals surface area contributed by atoms with Crippen LogP contribution in [0.2, 0.25) is 0 Å². The molecule has 4 heteroatoms. The summed E-state index contributed by atoms with van der Waals surface area (Å²) in [6.45, 7) is 4.77. The number of rotatable bonds is 6. The van der Waals surface area contributed by atoms with Crippen molar-refractivity contribution in [2.24, 2.45) is 5.92 Å². The zero-order chi connectivity index (χ0) is 15.4. The van der Waals surface area contributed by atoms with E-state index in [1.807, 2.05) is 36.4 Å².